The third kappa shape index (κ3) is 6.02. The zero-order chi connectivity index (χ0) is 31.6. The van der Waals surface area contributed by atoms with E-state index in [0.717, 1.165) is 43.6 Å². The highest BCUT2D eigenvalue weighted by Gasteiger charge is 2.44. The molecule has 6 rings (SSSR count). The molecule has 2 aliphatic heterocycles. The molecular weight excluding hydrogens is 613 g/mol. The number of hydrogen-bond donors (Lipinski definition) is 1. The number of carbonyl (C=O) groups excluding carboxylic acids is 2. The molecule has 0 bridgehead atoms. The van der Waals surface area contributed by atoms with E-state index < -0.39 is 5.41 Å². The van der Waals surface area contributed by atoms with Crippen molar-refractivity contribution in [1.29, 1.82) is 0 Å². The minimum Gasteiger partial charge on any atom is -0.496 e. The number of rotatable bonds is 9. The summed E-state index contributed by atoms with van der Waals surface area (Å²) in [6.07, 6.45) is 4.36. The molecule has 2 saturated heterocycles. The van der Waals surface area contributed by atoms with Crippen molar-refractivity contribution in [2.75, 3.05) is 39.8 Å². The van der Waals surface area contributed by atoms with Gasteiger partial charge >= 0.3 is 0 Å². The first-order valence-electron chi connectivity index (χ1n) is 15.0. The summed E-state index contributed by atoms with van der Waals surface area (Å²) in [5.74, 6) is 0.0782. The molecule has 2 aliphatic rings. The lowest BCUT2D eigenvalue weighted by molar-refractivity contribution is -0.125. The summed E-state index contributed by atoms with van der Waals surface area (Å²) in [6, 6.07) is 20.9. The summed E-state index contributed by atoms with van der Waals surface area (Å²) < 4.78 is 7.08. The Bertz CT molecular complexity index is 1680. The number of amides is 2. The third-order valence-electron chi connectivity index (χ3n) is 9.61. The van der Waals surface area contributed by atoms with Gasteiger partial charge in [-0.1, -0.05) is 59.6 Å². The Morgan fingerprint density at radius 3 is 2.38 bits per heavy atom. The quantitative estimate of drug-likeness (QED) is 0.280. The van der Waals surface area contributed by atoms with E-state index in [9.17, 15) is 9.59 Å². The molecule has 3 aromatic carbocycles. The summed E-state index contributed by atoms with van der Waals surface area (Å²) in [5, 5.41) is 12.4. The molecule has 12 heteroatoms. The van der Waals surface area contributed by atoms with Gasteiger partial charge in [-0.25, -0.2) is 4.68 Å². The number of tetrazole rings is 1. The normalized spacial score (nSPS) is 19.8. The summed E-state index contributed by atoms with van der Waals surface area (Å²) in [7, 11) is 1.55. The van der Waals surface area contributed by atoms with E-state index in [-0.39, 0.29) is 17.2 Å². The van der Waals surface area contributed by atoms with Gasteiger partial charge in [0.1, 0.15) is 12.1 Å². The molecule has 10 nitrogen and oxygen atoms in total. The summed E-state index contributed by atoms with van der Waals surface area (Å²) >= 11 is 12.8. The Morgan fingerprint density at radius 2 is 1.71 bits per heavy atom. The van der Waals surface area contributed by atoms with E-state index in [4.69, 9.17) is 33.7 Å². The zero-order valence-corrected chi connectivity index (χ0v) is 26.5. The van der Waals surface area contributed by atoms with Gasteiger partial charge in [0.15, 0.2) is 0 Å². The van der Waals surface area contributed by atoms with Crippen molar-refractivity contribution in [3.63, 3.8) is 0 Å². The minimum atomic E-state index is -0.661. The third-order valence-corrected chi connectivity index (χ3v) is 10.4. The Labute approximate surface area is 272 Å². The van der Waals surface area contributed by atoms with Crippen LogP contribution >= 0.6 is 23.2 Å². The van der Waals surface area contributed by atoms with Crippen LogP contribution in [-0.2, 0) is 15.6 Å². The van der Waals surface area contributed by atoms with Crippen LogP contribution in [-0.4, -0.2) is 81.7 Å². The first-order valence-corrected chi connectivity index (χ1v) is 15.7. The van der Waals surface area contributed by atoms with Crippen LogP contribution < -0.4 is 10.5 Å². The SMILES string of the molecule is COc1ccc(-n2cnnn2)cc1C(=O)N1CC[C@@](CCN2CCC(C(N)=O)(c3ccccc3)CC2)(c2ccc(Cl)c(Cl)c2)C1. The predicted molar refractivity (Wildman–Crippen MR) is 172 cm³/mol. The number of nitrogens with zero attached hydrogens (tertiary/aromatic N) is 6. The molecule has 0 unspecified atom stereocenters. The molecule has 0 spiro atoms. The predicted octanol–water partition coefficient (Wildman–Crippen LogP) is 4.67. The van der Waals surface area contributed by atoms with Crippen LogP contribution in [0.3, 0.4) is 0 Å². The Morgan fingerprint density at radius 1 is 0.933 bits per heavy atom. The second kappa shape index (κ2) is 12.8. The van der Waals surface area contributed by atoms with Crippen molar-refractivity contribution < 1.29 is 14.3 Å². The molecule has 0 radical (unpaired) electrons. The number of benzene rings is 3. The fourth-order valence-corrected chi connectivity index (χ4v) is 7.17. The average Bonchev–Trinajstić information content (AvgIpc) is 3.77. The van der Waals surface area contributed by atoms with E-state index in [2.05, 4.69) is 20.4 Å². The highest BCUT2D eigenvalue weighted by atomic mass is 35.5. The molecule has 4 aromatic rings. The Hall–Kier alpha value is -3.99. The zero-order valence-electron chi connectivity index (χ0n) is 25.0. The lowest BCUT2D eigenvalue weighted by atomic mass is 9.71. The topological polar surface area (TPSA) is 119 Å². The molecule has 1 aromatic heterocycles. The van der Waals surface area contributed by atoms with Gasteiger partial charge in [0.05, 0.1) is 33.8 Å². The van der Waals surface area contributed by atoms with E-state index in [1.54, 1.807) is 25.3 Å². The van der Waals surface area contributed by atoms with Crippen molar-refractivity contribution in [1.82, 2.24) is 30.0 Å². The fraction of sp³-hybridized carbons (Fsp3) is 0.364. The van der Waals surface area contributed by atoms with Crippen LogP contribution in [0.5, 0.6) is 5.75 Å². The number of nitrogens with two attached hydrogens (primary N) is 1. The van der Waals surface area contributed by atoms with E-state index in [0.29, 0.717) is 53.0 Å². The van der Waals surface area contributed by atoms with Crippen LogP contribution in [0.4, 0.5) is 0 Å². The molecule has 234 valence electrons. The van der Waals surface area contributed by atoms with Gasteiger partial charge in [-0.05, 0) is 97.2 Å². The number of aromatic nitrogens is 4. The van der Waals surface area contributed by atoms with Gasteiger partial charge in [0.25, 0.3) is 5.91 Å². The number of ether oxygens (including phenoxy) is 1. The molecule has 1 atom stereocenters. The Balaban J connectivity index is 1.23. The largest absolute Gasteiger partial charge is 0.496 e. The first-order chi connectivity index (χ1) is 21.7. The van der Waals surface area contributed by atoms with Crippen molar-refractivity contribution >= 4 is 35.0 Å². The van der Waals surface area contributed by atoms with Gasteiger partial charge in [-0.15, -0.1) is 5.10 Å². The first kappa shape index (κ1) is 31.0. The van der Waals surface area contributed by atoms with Gasteiger partial charge in [-0.2, -0.15) is 0 Å². The van der Waals surface area contributed by atoms with E-state index in [1.165, 1.54) is 11.0 Å². The van der Waals surface area contributed by atoms with Crippen LogP contribution in [0.1, 0.15) is 47.2 Å². The van der Waals surface area contributed by atoms with Crippen LogP contribution in [0, 0.1) is 0 Å². The van der Waals surface area contributed by atoms with Gasteiger partial charge < -0.3 is 20.3 Å². The highest BCUT2D eigenvalue weighted by Crippen LogP contribution is 2.42. The maximum atomic E-state index is 14.0. The van der Waals surface area contributed by atoms with Crippen LogP contribution in [0.2, 0.25) is 10.0 Å². The van der Waals surface area contributed by atoms with Crippen molar-refractivity contribution in [3.8, 4) is 11.4 Å². The number of hydrogen-bond acceptors (Lipinski definition) is 7. The summed E-state index contributed by atoms with van der Waals surface area (Å²) in [4.78, 5) is 31.0. The standard InChI is InChI=1S/C33H35Cl2N7O3/c1-45-29-10-8-25(42-22-37-38-39-42)20-26(29)30(43)41-18-12-32(21-41,24-7-9-27(34)28(35)19-24)11-15-40-16-13-33(14-17-40,31(36)44)23-5-3-2-4-6-23/h2-10,19-20,22H,11-18,21H2,1H3,(H2,36,44)/t32-/m1/s1. The van der Waals surface area contributed by atoms with Crippen LogP contribution in [0.25, 0.3) is 5.69 Å². The van der Waals surface area contributed by atoms with Crippen molar-refractivity contribution in [2.24, 2.45) is 5.73 Å². The van der Waals surface area contributed by atoms with Gasteiger partial charge in [0, 0.05) is 18.5 Å². The number of carbonyl (C=O) groups is 2. The molecular formula is C33H35Cl2N7O3. The smallest absolute Gasteiger partial charge is 0.257 e. The molecule has 2 N–H and O–H groups in total. The number of primary amides is 1. The van der Waals surface area contributed by atoms with E-state index >= 15 is 0 Å². The average molecular weight is 649 g/mol. The summed E-state index contributed by atoms with van der Waals surface area (Å²) in [5.41, 5.74) is 8.11. The van der Waals surface area contributed by atoms with Crippen molar-refractivity contribution in [2.45, 2.75) is 36.5 Å². The molecule has 0 saturated carbocycles. The molecule has 0 aliphatic carbocycles. The Kier molecular flexibility index (Phi) is 8.81. The van der Waals surface area contributed by atoms with Crippen molar-refractivity contribution in [3.05, 3.63) is 99.8 Å². The molecule has 3 heterocycles. The maximum Gasteiger partial charge on any atom is 0.257 e. The number of methoxy groups -OCH3 is 1. The molecule has 2 amide bonds. The van der Waals surface area contributed by atoms with Gasteiger partial charge in [0.2, 0.25) is 5.91 Å². The highest BCUT2D eigenvalue weighted by molar-refractivity contribution is 6.42. The number of likely N-dealkylation sites (tertiary alicyclic amines) is 2. The molecule has 45 heavy (non-hydrogen) atoms. The fourth-order valence-electron chi connectivity index (χ4n) is 6.88. The minimum absolute atomic E-state index is 0.129. The second-order valence-electron chi connectivity index (χ2n) is 11.9. The van der Waals surface area contributed by atoms with Crippen LogP contribution in [0.15, 0.2) is 73.1 Å². The lowest BCUT2D eigenvalue weighted by Gasteiger charge is -2.41. The summed E-state index contributed by atoms with van der Waals surface area (Å²) in [6.45, 7) is 3.36. The van der Waals surface area contributed by atoms with Gasteiger partial charge in [-0.3, -0.25) is 9.59 Å². The molecule has 2 fully saturated rings. The monoisotopic (exact) mass is 647 g/mol. The second-order valence-corrected chi connectivity index (χ2v) is 12.7. The lowest BCUT2D eigenvalue weighted by Crippen LogP contribution is -2.50. The number of halogens is 2. The van der Waals surface area contributed by atoms with E-state index in [1.807, 2.05) is 53.4 Å². The number of piperidine rings is 1. The maximum absolute atomic E-state index is 14.0.